The maximum atomic E-state index is 12.0. The number of likely N-dealkylation sites (N-methyl/N-ethyl adjacent to an activating group) is 1. The number of fused-ring (bicyclic) bond motifs is 2. The van der Waals surface area contributed by atoms with E-state index in [2.05, 4.69) is 24.1 Å². The number of rotatable bonds is 2. The van der Waals surface area contributed by atoms with Gasteiger partial charge in [-0.25, -0.2) is 4.79 Å². The molecule has 1 saturated carbocycles. The van der Waals surface area contributed by atoms with Crippen molar-refractivity contribution in [3.8, 4) is 0 Å². The quantitative estimate of drug-likeness (QED) is 0.775. The SMILES string of the molecule is CCCOC1=NC(=O)N(C)[C@H]2C=C3CCCCC3=C[C@@H]12. The van der Waals surface area contributed by atoms with Gasteiger partial charge in [0.25, 0.3) is 0 Å². The number of ether oxygens (including phenoxy) is 1. The fourth-order valence-electron chi connectivity index (χ4n) is 3.24. The fourth-order valence-corrected chi connectivity index (χ4v) is 3.24. The summed E-state index contributed by atoms with van der Waals surface area (Å²) in [5, 5.41) is 0. The van der Waals surface area contributed by atoms with Gasteiger partial charge in [-0.15, -0.1) is 0 Å². The van der Waals surface area contributed by atoms with Crippen LogP contribution in [0, 0.1) is 5.92 Å². The van der Waals surface area contributed by atoms with E-state index in [0.717, 1.165) is 19.3 Å². The number of allylic oxidation sites excluding steroid dienone is 2. The van der Waals surface area contributed by atoms with Crippen molar-refractivity contribution in [2.45, 2.75) is 45.1 Å². The maximum Gasteiger partial charge on any atom is 0.346 e. The summed E-state index contributed by atoms with van der Waals surface area (Å²) in [7, 11) is 1.83. The predicted molar refractivity (Wildman–Crippen MR) is 78.7 cm³/mol. The minimum atomic E-state index is -0.193. The zero-order valence-electron chi connectivity index (χ0n) is 12.3. The first-order valence-electron chi connectivity index (χ1n) is 7.60. The van der Waals surface area contributed by atoms with Crippen LogP contribution in [0.4, 0.5) is 4.79 Å². The zero-order valence-corrected chi connectivity index (χ0v) is 12.3. The van der Waals surface area contributed by atoms with E-state index >= 15 is 0 Å². The van der Waals surface area contributed by atoms with Gasteiger partial charge in [0.15, 0.2) is 0 Å². The van der Waals surface area contributed by atoms with E-state index in [4.69, 9.17) is 4.74 Å². The van der Waals surface area contributed by atoms with Crippen LogP contribution in [0.1, 0.15) is 39.0 Å². The lowest BCUT2D eigenvalue weighted by Crippen LogP contribution is -2.48. The number of hydrogen-bond acceptors (Lipinski definition) is 2. The van der Waals surface area contributed by atoms with Crippen LogP contribution in [0.3, 0.4) is 0 Å². The van der Waals surface area contributed by atoms with Gasteiger partial charge in [0.1, 0.15) is 0 Å². The van der Waals surface area contributed by atoms with Gasteiger partial charge in [-0.3, -0.25) is 0 Å². The summed E-state index contributed by atoms with van der Waals surface area (Å²) in [6, 6.07) is -0.120. The molecule has 3 aliphatic rings. The second kappa shape index (κ2) is 5.43. The van der Waals surface area contributed by atoms with Crippen molar-refractivity contribution < 1.29 is 9.53 Å². The first-order chi connectivity index (χ1) is 9.70. The van der Waals surface area contributed by atoms with Gasteiger partial charge in [0.2, 0.25) is 5.90 Å². The molecule has 3 rings (SSSR count). The molecule has 0 N–H and O–H groups in total. The van der Waals surface area contributed by atoms with Crippen molar-refractivity contribution in [3.63, 3.8) is 0 Å². The smallest absolute Gasteiger partial charge is 0.346 e. The van der Waals surface area contributed by atoms with Crippen molar-refractivity contribution in [2.75, 3.05) is 13.7 Å². The van der Waals surface area contributed by atoms with Crippen molar-refractivity contribution in [1.82, 2.24) is 4.90 Å². The molecule has 20 heavy (non-hydrogen) atoms. The van der Waals surface area contributed by atoms with Crippen LogP contribution < -0.4 is 0 Å². The Morgan fingerprint density at radius 2 is 2.00 bits per heavy atom. The molecular formula is C16H22N2O2. The number of urea groups is 1. The molecule has 108 valence electrons. The Balaban J connectivity index is 1.92. The molecule has 4 heteroatoms. The van der Waals surface area contributed by atoms with Crippen molar-refractivity contribution in [1.29, 1.82) is 0 Å². The third-order valence-corrected chi connectivity index (χ3v) is 4.37. The molecule has 2 aliphatic carbocycles. The Morgan fingerprint density at radius 1 is 1.30 bits per heavy atom. The molecule has 0 spiro atoms. The van der Waals surface area contributed by atoms with Gasteiger partial charge < -0.3 is 9.64 Å². The molecule has 0 aromatic heterocycles. The summed E-state index contributed by atoms with van der Waals surface area (Å²) in [4.78, 5) is 17.9. The van der Waals surface area contributed by atoms with Gasteiger partial charge in [-0.05, 0) is 43.3 Å². The second-order valence-electron chi connectivity index (χ2n) is 5.80. The van der Waals surface area contributed by atoms with Gasteiger partial charge >= 0.3 is 6.03 Å². The monoisotopic (exact) mass is 274 g/mol. The third kappa shape index (κ3) is 2.28. The third-order valence-electron chi connectivity index (χ3n) is 4.37. The average Bonchev–Trinajstić information content (AvgIpc) is 2.48. The van der Waals surface area contributed by atoms with E-state index in [1.165, 1.54) is 24.0 Å². The highest BCUT2D eigenvalue weighted by Crippen LogP contribution is 2.37. The van der Waals surface area contributed by atoms with Gasteiger partial charge in [0, 0.05) is 7.05 Å². The normalized spacial score (nSPS) is 29.0. The van der Waals surface area contributed by atoms with E-state index in [-0.39, 0.29) is 18.0 Å². The molecule has 0 radical (unpaired) electrons. The molecule has 0 saturated heterocycles. The van der Waals surface area contributed by atoms with Crippen molar-refractivity contribution >= 4 is 11.9 Å². The van der Waals surface area contributed by atoms with Crippen LogP contribution >= 0.6 is 0 Å². The molecule has 0 aromatic carbocycles. The second-order valence-corrected chi connectivity index (χ2v) is 5.80. The molecule has 4 nitrogen and oxygen atoms in total. The lowest BCUT2D eigenvalue weighted by atomic mass is 9.79. The first kappa shape index (κ1) is 13.4. The van der Waals surface area contributed by atoms with Crippen LogP contribution in [-0.4, -0.2) is 36.5 Å². The van der Waals surface area contributed by atoms with E-state index in [1.807, 2.05) is 7.05 Å². The van der Waals surface area contributed by atoms with Gasteiger partial charge in [0.05, 0.1) is 18.6 Å². The molecule has 0 unspecified atom stereocenters. The molecule has 0 bridgehead atoms. The van der Waals surface area contributed by atoms with E-state index in [0.29, 0.717) is 12.5 Å². The van der Waals surface area contributed by atoms with Crippen LogP contribution in [0.2, 0.25) is 0 Å². The summed E-state index contributed by atoms with van der Waals surface area (Å²) in [5.41, 5.74) is 2.86. The van der Waals surface area contributed by atoms with Gasteiger partial charge in [-0.2, -0.15) is 4.99 Å². The number of carbonyl (C=O) groups is 1. The number of nitrogens with zero attached hydrogens (tertiary/aromatic N) is 2. The summed E-state index contributed by atoms with van der Waals surface area (Å²) in [6.45, 7) is 2.69. The molecular weight excluding hydrogens is 252 g/mol. The predicted octanol–water partition coefficient (Wildman–Crippen LogP) is 3.30. The molecule has 2 amide bonds. The van der Waals surface area contributed by atoms with Crippen molar-refractivity contribution in [3.05, 3.63) is 23.3 Å². The minimum Gasteiger partial charge on any atom is -0.480 e. The maximum absolute atomic E-state index is 12.0. The highest BCUT2D eigenvalue weighted by atomic mass is 16.5. The number of carbonyl (C=O) groups excluding carboxylic acids is 1. The first-order valence-corrected chi connectivity index (χ1v) is 7.60. The zero-order chi connectivity index (χ0) is 14.1. The largest absolute Gasteiger partial charge is 0.480 e. The van der Waals surface area contributed by atoms with Crippen LogP contribution in [0.25, 0.3) is 0 Å². The molecule has 0 aromatic rings. The summed E-state index contributed by atoms with van der Waals surface area (Å²) < 4.78 is 5.73. The topological polar surface area (TPSA) is 41.9 Å². The molecule has 1 aliphatic heterocycles. The summed E-state index contributed by atoms with van der Waals surface area (Å²) in [5.74, 6) is 0.703. The minimum absolute atomic E-state index is 0.0729. The molecule has 1 heterocycles. The summed E-state index contributed by atoms with van der Waals surface area (Å²) >= 11 is 0. The summed E-state index contributed by atoms with van der Waals surface area (Å²) in [6.07, 6.45) is 10.3. The Labute approximate surface area is 120 Å². The van der Waals surface area contributed by atoms with E-state index < -0.39 is 0 Å². The van der Waals surface area contributed by atoms with Crippen LogP contribution in [0.5, 0.6) is 0 Å². The van der Waals surface area contributed by atoms with Crippen molar-refractivity contribution in [2.24, 2.45) is 10.9 Å². The highest BCUT2D eigenvalue weighted by Gasteiger charge is 2.38. The standard InChI is InChI=1S/C16H22N2O2/c1-3-8-20-15-13-9-11-6-4-5-7-12(11)10-14(13)18(2)16(19)17-15/h9-10,13-14H,3-8H2,1-2H3/t13-,14+/m1/s1. The van der Waals surface area contributed by atoms with E-state index in [9.17, 15) is 4.79 Å². The number of aliphatic imine (C=N–C) groups is 1. The Morgan fingerprint density at radius 3 is 2.70 bits per heavy atom. The Hall–Kier alpha value is -1.58. The Kier molecular flexibility index (Phi) is 3.64. The Bertz CT molecular complexity index is 505. The fraction of sp³-hybridized carbons (Fsp3) is 0.625. The van der Waals surface area contributed by atoms with Crippen LogP contribution in [-0.2, 0) is 4.74 Å². The van der Waals surface area contributed by atoms with Gasteiger partial charge in [-0.1, -0.05) is 19.1 Å². The van der Waals surface area contributed by atoms with E-state index in [1.54, 1.807) is 4.90 Å². The highest BCUT2D eigenvalue weighted by molar-refractivity contribution is 5.96. The lowest BCUT2D eigenvalue weighted by Gasteiger charge is -2.38. The van der Waals surface area contributed by atoms with Crippen LogP contribution in [0.15, 0.2) is 28.3 Å². The average molecular weight is 274 g/mol. The number of amides is 2. The molecule has 2 atom stereocenters. The molecule has 1 fully saturated rings. The lowest BCUT2D eigenvalue weighted by molar-refractivity contribution is 0.186. The number of hydrogen-bond donors (Lipinski definition) is 0.